The van der Waals surface area contributed by atoms with Gasteiger partial charge in [-0.3, -0.25) is 14.3 Å². The minimum Gasteiger partial charge on any atom is -0.315 e. The van der Waals surface area contributed by atoms with E-state index in [1.54, 1.807) is 17.9 Å². The van der Waals surface area contributed by atoms with Crippen LogP contribution in [0.25, 0.3) is 5.69 Å². The number of anilines is 1. The minimum absolute atomic E-state index is 0.119. The van der Waals surface area contributed by atoms with Crippen molar-refractivity contribution in [2.24, 2.45) is 7.05 Å². The van der Waals surface area contributed by atoms with Crippen LogP contribution in [0.4, 0.5) is 5.69 Å². The summed E-state index contributed by atoms with van der Waals surface area (Å²) in [6.07, 6.45) is 1.56. The van der Waals surface area contributed by atoms with Gasteiger partial charge in [-0.25, -0.2) is 9.67 Å². The van der Waals surface area contributed by atoms with Crippen LogP contribution in [0, 0.1) is 6.92 Å². The molecule has 0 radical (unpaired) electrons. The fourth-order valence-corrected chi connectivity index (χ4v) is 3.48. The van der Waals surface area contributed by atoms with Crippen molar-refractivity contribution >= 4 is 22.9 Å². The van der Waals surface area contributed by atoms with Gasteiger partial charge in [0.25, 0.3) is 11.5 Å². The van der Waals surface area contributed by atoms with Gasteiger partial charge in [-0.2, -0.15) is 0 Å². The van der Waals surface area contributed by atoms with E-state index in [1.165, 1.54) is 16.0 Å². The molecule has 1 amide bonds. The van der Waals surface area contributed by atoms with Gasteiger partial charge in [0.1, 0.15) is 10.6 Å². The van der Waals surface area contributed by atoms with Crippen LogP contribution < -0.4 is 10.9 Å². The monoisotopic (exact) mass is 370 g/mol. The number of hydrogen-bond acceptors (Lipinski definition) is 4. The normalized spacial score (nSPS) is 11.6. The number of carbonyl (C=O) groups is 1. The Morgan fingerprint density at radius 3 is 2.42 bits per heavy atom. The van der Waals surface area contributed by atoms with Crippen molar-refractivity contribution in [2.45, 2.75) is 33.1 Å². The van der Waals surface area contributed by atoms with Crippen LogP contribution in [0.15, 0.2) is 41.3 Å². The molecule has 26 heavy (non-hydrogen) atoms. The number of rotatable bonds is 3. The fraction of sp³-hybridized carbons (Fsp3) is 0.316. The highest BCUT2D eigenvalue weighted by Crippen LogP contribution is 2.27. The summed E-state index contributed by atoms with van der Waals surface area (Å²) >= 11 is 1.35. The van der Waals surface area contributed by atoms with Gasteiger partial charge in [-0.15, -0.1) is 11.3 Å². The number of nitrogens with one attached hydrogen (secondary N) is 1. The second kappa shape index (κ2) is 6.57. The summed E-state index contributed by atoms with van der Waals surface area (Å²) in [6, 6.07) is 9.33. The molecule has 136 valence electrons. The van der Waals surface area contributed by atoms with E-state index >= 15 is 0 Å². The highest BCUT2D eigenvalue weighted by atomic mass is 32.1. The van der Waals surface area contributed by atoms with Crippen molar-refractivity contribution in [3.63, 3.8) is 0 Å². The summed E-state index contributed by atoms with van der Waals surface area (Å²) in [4.78, 5) is 30.3. The first kappa shape index (κ1) is 18.1. The molecule has 0 aliphatic carbocycles. The third-order valence-electron chi connectivity index (χ3n) is 4.16. The SMILES string of the molecule is Cc1c(NC(=O)c2cnc(C(C)(C)C)s2)c(=O)n(-c2ccccc2)n1C. The standard InChI is InChI=1S/C19H22N4O2S/c1-12-15(17(25)23(22(12)5)13-9-7-6-8-10-13)21-16(24)14-11-20-18(26-14)19(2,3)4/h6-11H,1-5H3,(H,21,24). The Kier molecular flexibility index (Phi) is 4.58. The Morgan fingerprint density at radius 2 is 1.85 bits per heavy atom. The summed E-state index contributed by atoms with van der Waals surface area (Å²) < 4.78 is 3.28. The molecule has 0 saturated carbocycles. The van der Waals surface area contributed by atoms with Crippen molar-refractivity contribution in [2.75, 3.05) is 5.32 Å². The number of thiazole rings is 1. The number of carbonyl (C=O) groups excluding carboxylic acids is 1. The van der Waals surface area contributed by atoms with E-state index in [-0.39, 0.29) is 22.6 Å². The topological polar surface area (TPSA) is 68.9 Å². The van der Waals surface area contributed by atoms with E-state index in [0.717, 1.165) is 10.7 Å². The van der Waals surface area contributed by atoms with Crippen molar-refractivity contribution < 1.29 is 4.79 Å². The maximum Gasteiger partial charge on any atom is 0.295 e. The summed E-state index contributed by atoms with van der Waals surface area (Å²) in [5.41, 5.74) is 1.34. The zero-order chi connectivity index (χ0) is 19.1. The highest BCUT2D eigenvalue weighted by molar-refractivity contribution is 7.13. The van der Waals surface area contributed by atoms with Crippen molar-refractivity contribution in [1.82, 2.24) is 14.3 Å². The van der Waals surface area contributed by atoms with Gasteiger partial charge in [-0.05, 0) is 19.1 Å². The Bertz CT molecular complexity index is 1010. The molecule has 0 unspecified atom stereocenters. The Balaban J connectivity index is 1.95. The lowest BCUT2D eigenvalue weighted by atomic mass is 9.98. The molecule has 7 heteroatoms. The van der Waals surface area contributed by atoms with Gasteiger partial charge >= 0.3 is 0 Å². The van der Waals surface area contributed by atoms with Crippen LogP contribution in [-0.4, -0.2) is 20.3 Å². The molecule has 1 N–H and O–H groups in total. The van der Waals surface area contributed by atoms with E-state index in [1.807, 2.05) is 58.0 Å². The predicted octanol–water partition coefficient (Wildman–Crippen LogP) is 3.49. The molecular formula is C19H22N4O2S. The first-order valence-corrected chi connectivity index (χ1v) is 9.13. The fourth-order valence-electron chi connectivity index (χ4n) is 2.61. The van der Waals surface area contributed by atoms with Crippen molar-refractivity contribution in [3.05, 3.63) is 62.5 Å². The molecule has 3 rings (SSSR count). The van der Waals surface area contributed by atoms with E-state index in [0.29, 0.717) is 10.6 Å². The van der Waals surface area contributed by atoms with E-state index < -0.39 is 0 Å². The number of hydrogen-bond donors (Lipinski definition) is 1. The first-order valence-electron chi connectivity index (χ1n) is 8.32. The molecule has 0 bridgehead atoms. The van der Waals surface area contributed by atoms with Crippen LogP contribution >= 0.6 is 11.3 Å². The number of nitrogens with zero attached hydrogens (tertiary/aromatic N) is 3. The van der Waals surface area contributed by atoms with Gasteiger partial charge < -0.3 is 5.32 Å². The summed E-state index contributed by atoms with van der Waals surface area (Å²) in [5, 5.41) is 3.65. The van der Waals surface area contributed by atoms with Crippen LogP contribution in [0.2, 0.25) is 0 Å². The van der Waals surface area contributed by atoms with Crippen LogP contribution in [0.3, 0.4) is 0 Å². The molecule has 0 aliphatic heterocycles. The number of aromatic nitrogens is 3. The molecule has 0 spiro atoms. The molecule has 0 aliphatic rings. The third-order valence-corrected chi connectivity index (χ3v) is 5.59. The average Bonchev–Trinajstić information content (AvgIpc) is 3.16. The molecule has 2 aromatic heterocycles. The second-order valence-corrected chi connectivity index (χ2v) is 8.20. The number of para-hydroxylation sites is 1. The molecule has 0 saturated heterocycles. The maximum atomic E-state index is 12.9. The van der Waals surface area contributed by atoms with Gasteiger partial charge in [0.05, 0.1) is 22.6 Å². The molecule has 2 heterocycles. The Morgan fingerprint density at radius 1 is 1.19 bits per heavy atom. The highest BCUT2D eigenvalue weighted by Gasteiger charge is 2.23. The molecule has 6 nitrogen and oxygen atoms in total. The lowest BCUT2D eigenvalue weighted by Gasteiger charge is -2.13. The summed E-state index contributed by atoms with van der Waals surface area (Å²) in [7, 11) is 1.80. The largest absolute Gasteiger partial charge is 0.315 e. The maximum absolute atomic E-state index is 12.9. The van der Waals surface area contributed by atoms with Crippen molar-refractivity contribution in [3.8, 4) is 5.69 Å². The summed E-state index contributed by atoms with van der Waals surface area (Å²) in [6.45, 7) is 7.96. The molecular weight excluding hydrogens is 348 g/mol. The average molecular weight is 370 g/mol. The molecule has 3 aromatic rings. The Labute approximate surface area is 156 Å². The zero-order valence-corrected chi connectivity index (χ0v) is 16.3. The molecule has 1 aromatic carbocycles. The van der Waals surface area contributed by atoms with Crippen LogP contribution in [0.1, 0.15) is 41.1 Å². The molecule has 0 atom stereocenters. The number of benzene rings is 1. The van der Waals surface area contributed by atoms with E-state index in [4.69, 9.17) is 0 Å². The first-order chi connectivity index (χ1) is 12.2. The lowest BCUT2D eigenvalue weighted by Crippen LogP contribution is -2.22. The van der Waals surface area contributed by atoms with E-state index in [2.05, 4.69) is 10.3 Å². The smallest absolute Gasteiger partial charge is 0.295 e. The third kappa shape index (κ3) is 3.22. The van der Waals surface area contributed by atoms with Gasteiger partial charge in [0.15, 0.2) is 0 Å². The number of amides is 1. The predicted molar refractivity (Wildman–Crippen MR) is 105 cm³/mol. The minimum atomic E-state index is -0.316. The second-order valence-electron chi connectivity index (χ2n) is 7.17. The Hall–Kier alpha value is -2.67. The molecule has 0 fully saturated rings. The van der Waals surface area contributed by atoms with Crippen LogP contribution in [-0.2, 0) is 12.5 Å². The van der Waals surface area contributed by atoms with Crippen LogP contribution in [0.5, 0.6) is 0 Å². The van der Waals surface area contributed by atoms with Gasteiger partial charge in [0, 0.05) is 12.5 Å². The van der Waals surface area contributed by atoms with Gasteiger partial charge in [-0.1, -0.05) is 39.0 Å². The quantitative estimate of drug-likeness (QED) is 0.767. The van der Waals surface area contributed by atoms with E-state index in [9.17, 15) is 9.59 Å². The lowest BCUT2D eigenvalue weighted by molar-refractivity contribution is 0.103. The van der Waals surface area contributed by atoms with Crippen molar-refractivity contribution in [1.29, 1.82) is 0 Å². The van der Waals surface area contributed by atoms with Gasteiger partial charge in [0.2, 0.25) is 0 Å². The zero-order valence-electron chi connectivity index (χ0n) is 15.5. The summed E-state index contributed by atoms with van der Waals surface area (Å²) in [5.74, 6) is -0.316.